The number of hydrogen-bond acceptors (Lipinski definition) is 2. The molecule has 0 radical (unpaired) electrons. The van der Waals surface area contributed by atoms with Crippen LogP contribution in [0.2, 0.25) is 5.02 Å². The Morgan fingerprint density at radius 1 is 1.50 bits per heavy atom. The molecule has 1 heterocycles. The SMILES string of the molecule is CCCC1(O)CN(C(=O)c2cccc(Cl)c2C)C1. The topological polar surface area (TPSA) is 40.5 Å². The van der Waals surface area contributed by atoms with Crippen LogP contribution in [-0.2, 0) is 0 Å². The largest absolute Gasteiger partial charge is 0.386 e. The molecule has 98 valence electrons. The molecule has 1 aromatic carbocycles. The number of β-amino-alcohol motifs (C(OH)–C–C–N with tert-alkyl or cyclic N) is 1. The van der Waals surface area contributed by atoms with Gasteiger partial charge in [0.05, 0.1) is 18.7 Å². The van der Waals surface area contributed by atoms with Crippen LogP contribution in [0.5, 0.6) is 0 Å². The summed E-state index contributed by atoms with van der Waals surface area (Å²) in [6.45, 7) is 4.72. The van der Waals surface area contributed by atoms with Gasteiger partial charge < -0.3 is 10.0 Å². The molecule has 0 saturated carbocycles. The Hall–Kier alpha value is -1.06. The van der Waals surface area contributed by atoms with Crippen molar-refractivity contribution >= 4 is 17.5 Å². The van der Waals surface area contributed by atoms with Gasteiger partial charge in [0.25, 0.3) is 5.91 Å². The summed E-state index contributed by atoms with van der Waals surface area (Å²) in [5, 5.41) is 10.7. The molecule has 1 aliphatic heterocycles. The first-order chi connectivity index (χ1) is 8.47. The van der Waals surface area contributed by atoms with Gasteiger partial charge in [-0.3, -0.25) is 4.79 Å². The molecule has 1 saturated heterocycles. The summed E-state index contributed by atoms with van der Waals surface area (Å²) >= 11 is 6.01. The molecule has 1 aromatic rings. The van der Waals surface area contributed by atoms with Gasteiger partial charge in [-0.1, -0.05) is 31.0 Å². The maximum atomic E-state index is 12.2. The molecule has 0 aliphatic carbocycles. The van der Waals surface area contributed by atoms with Crippen LogP contribution in [0.15, 0.2) is 18.2 Å². The fourth-order valence-corrected chi connectivity index (χ4v) is 2.62. The van der Waals surface area contributed by atoms with Crippen molar-refractivity contribution in [2.24, 2.45) is 0 Å². The molecule has 0 aromatic heterocycles. The molecular weight excluding hydrogens is 250 g/mol. The number of amides is 1. The summed E-state index contributed by atoms with van der Waals surface area (Å²) < 4.78 is 0. The van der Waals surface area contributed by atoms with Gasteiger partial charge in [-0.25, -0.2) is 0 Å². The van der Waals surface area contributed by atoms with E-state index >= 15 is 0 Å². The van der Waals surface area contributed by atoms with Crippen molar-refractivity contribution < 1.29 is 9.90 Å². The maximum Gasteiger partial charge on any atom is 0.254 e. The Balaban J connectivity index is 2.08. The quantitative estimate of drug-likeness (QED) is 0.915. The lowest BCUT2D eigenvalue weighted by atomic mass is 9.88. The maximum absolute atomic E-state index is 12.2. The first-order valence-corrected chi connectivity index (χ1v) is 6.61. The van der Waals surface area contributed by atoms with Crippen molar-refractivity contribution in [3.05, 3.63) is 34.3 Å². The lowest BCUT2D eigenvalue weighted by molar-refractivity contribution is -0.0860. The molecule has 0 spiro atoms. The van der Waals surface area contributed by atoms with E-state index in [1.807, 2.05) is 13.8 Å². The number of hydrogen-bond donors (Lipinski definition) is 1. The highest BCUT2D eigenvalue weighted by Crippen LogP contribution is 2.29. The lowest BCUT2D eigenvalue weighted by Crippen LogP contribution is -2.63. The molecule has 3 nitrogen and oxygen atoms in total. The summed E-state index contributed by atoms with van der Waals surface area (Å²) in [7, 11) is 0. The highest BCUT2D eigenvalue weighted by Gasteiger charge is 2.43. The van der Waals surface area contributed by atoms with E-state index in [0.29, 0.717) is 23.7 Å². The van der Waals surface area contributed by atoms with E-state index in [-0.39, 0.29) is 5.91 Å². The predicted molar refractivity (Wildman–Crippen MR) is 72.0 cm³/mol. The van der Waals surface area contributed by atoms with Gasteiger partial charge in [-0.15, -0.1) is 0 Å². The van der Waals surface area contributed by atoms with Gasteiger partial charge in [-0.2, -0.15) is 0 Å². The average Bonchev–Trinajstić information content (AvgIpc) is 2.29. The average molecular weight is 268 g/mol. The van der Waals surface area contributed by atoms with Crippen LogP contribution in [0.25, 0.3) is 0 Å². The summed E-state index contributed by atoms with van der Waals surface area (Å²) in [5.41, 5.74) is 0.743. The Morgan fingerprint density at radius 3 is 2.78 bits per heavy atom. The molecule has 1 fully saturated rings. The fraction of sp³-hybridized carbons (Fsp3) is 0.500. The molecule has 1 N–H and O–H groups in total. The number of aliphatic hydroxyl groups is 1. The third-order valence-electron chi connectivity index (χ3n) is 3.47. The summed E-state index contributed by atoms with van der Waals surface area (Å²) in [4.78, 5) is 13.9. The van der Waals surface area contributed by atoms with E-state index in [0.717, 1.165) is 18.4 Å². The minimum atomic E-state index is -0.684. The number of likely N-dealkylation sites (tertiary alicyclic amines) is 1. The highest BCUT2D eigenvalue weighted by atomic mass is 35.5. The van der Waals surface area contributed by atoms with Crippen LogP contribution in [0, 0.1) is 6.92 Å². The van der Waals surface area contributed by atoms with E-state index in [2.05, 4.69) is 0 Å². The number of nitrogens with zero attached hydrogens (tertiary/aromatic N) is 1. The Bertz CT molecular complexity index is 467. The summed E-state index contributed by atoms with van der Waals surface area (Å²) in [6.07, 6.45) is 1.67. The molecule has 0 bridgehead atoms. The third-order valence-corrected chi connectivity index (χ3v) is 3.88. The van der Waals surface area contributed by atoms with E-state index in [1.54, 1.807) is 23.1 Å². The second-order valence-corrected chi connectivity index (χ2v) is 5.46. The minimum absolute atomic E-state index is 0.0456. The van der Waals surface area contributed by atoms with Crippen molar-refractivity contribution in [1.82, 2.24) is 4.90 Å². The van der Waals surface area contributed by atoms with E-state index < -0.39 is 5.60 Å². The molecule has 1 amide bonds. The van der Waals surface area contributed by atoms with Gasteiger partial charge in [-0.05, 0) is 31.0 Å². The van der Waals surface area contributed by atoms with Crippen LogP contribution >= 0.6 is 11.6 Å². The van der Waals surface area contributed by atoms with E-state index in [4.69, 9.17) is 11.6 Å². The Kier molecular flexibility index (Phi) is 3.64. The number of halogens is 1. The van der Waals surface area contributed by atoms with Gasteiger partial charge in [0.15, 0.2) is 0 Å². The minimum Gasteiger partial charge on any atom is -0.386 e. The van der Waals surface area contributed by atoms with Crippen LogP contribution in [0.4, 0.5) is 0 Å². The highest BCUT2D eigenvalue weighted by molar-refractivity contribution is 6.31. The Labute approximate surface area is 112 Å². The van der Waals surface area contributed by atoms with E-state index in [9.17, 15) is 9.90 Å². The fourth-order valence-electron chi connectivity index (χ4n) is 2.44. The van der Waals surface area contributed by atoms with Crippen LogP contribution in [0.3, 0.4) is 0 Å². The smallest absolute Gasteiger partial charge is 0.254 e. The summed E-state index contributed by atoms with van der Waals surface area (Å²) in [6, 6.07) is 5.33. The zero-order valence-electron chi connectivity index (χ0n) is 10.7. The monoisotopic (exact) mass is 267 g/mol. The van der Waals surface area contributed by atoms with Crippen molar-refractivity contribution in [3.8, 4) is 0 Å². The van der Waals surface area contributed by atoms with Crippen LogP contribution < -0.4 is 0 Å². The number of benzene rings is 1. The van der Waals surface area contributed by atoms with Gasteiger partial charge in [0, 0.05) is 10.6 Å². The third kappa shape index (κ3) is 2.38. The van der Waals surface area contributed by atoms with Crippen molar-refractivity contribution in [2.75, 3.05) is 13.1 Å². The lowest BCUT2D eigenvalue weighted by Gasteiger charge is -2.46. The first kappa shape index (κ1) is 13.4. The van der Waals surface area contributed by atoms with Gasteiger partial charge in [0.2, 0.25) is 0 Å². The molecule has 18 heavy (non-hydrogen) atoms. The Morgan fingerprint density at radius 2 is 2.17 bits per heavy atom. The van der Waals surface area contributed by atoms with Crippen LogP contribution in [0.1, 0.15) is 35.7 Å². The molecule has 1 aliphatic rings. The molecule has 2 rings (SSSR count). The molecular formula is C14H18ClNO2. The van der Waals surface area contributed by atoms with Crippen molar-refractivity contribution in [1.29, 1.82) is 0 Å². The van der Waals surface area contributed by atoms with Crippen LogP contribution in [-0.4, -0.2) is 34.6 Å². The van der Waals surface area contributed by atoms with Gasteiger partial charge >= 0.3 is 0 Å². The van der Waals surface area contributed by atoms with Crippen molar-refractivity contribution in [3.63, 3.8) is 0 Å². The predicted octanol–water partition coefficient (Wildman–Crippen LogP) is 2.64. The number of rotatable bonds is 3. The zero-order chi connectivity index (χ0) is 13.3. The normalized spacial score (nSPS) is 17.4. The van der Waals surface area contributed by atoms with Gasteiger partial charge in [0.1, 0.15) is 0 Å². The second-order valence-electron chi connectivity index (χ2n) is 5.05. The van der Waals surface area contributed by atoms with Crippen molar-refractivity contribution in [2.45, 2.75) is 32.3 Å². The zero-order valence-corrected chi connectivity index (χ0v) is 11.5. The second kappa shape index (κ2) is 4.90. The molecule has 0 unspecified atom stereocenters. The summed E-state index contributed by atoms with van der Waals surface area (Å²) in [5.74, 6) is -0.0456. The molecule has 0 atom stereocenters. The first-order valence-electron chi connectivity index (χ1n) is 6.23. The standard InChI is InChI=1S/C14H18ClNO2/c1-3-7-14(18)8-16(9-14)13(17)11-5-4-6-12(15)10(11)2/h4-6,18H,3,7-9H2,1-2H3. The van der Waals surface area contributed by atoms with E-state index in [1.165, 1.54) is 0 Å². The number of carbonyl (C=O) groups excluding carboxylic acids is 1. The molecule has 4 heteroatoms. The number of carbonyl (C=O) groups is 1.